The number of carbonyl (C=O) groups excluding carboxylic acids is 2. The van der Waals surface area contributed by atoms with E-state index in [0.717, 1.165) is 12.8 Å². The highest BCUT2D eigenvalue weighted by Gasteiger charge is 2.30. The summed E-state index contributed by atoms with van der Waals surface area (Å²) in [5, 5.41) is 9.91. The number of sulfonamides is 1. The molecule has 0 spiro atoms. The second-order valence-corrected chi connectivity index (χ2v) is 9.68. The van der Waals surface area contributed by atoms with Gasteiger partial charge in [-0.1, -0.05) is 18.2 Å². The van der Waals surface area contributed by atoms with Gasteiger partial charge in [0.05, 0.1) is 10.5 Å². The molecule has 0 unspecified atom stereocenters. The second kappa shape index (κ2) is 8.68. The van der Waals surface area contributed by atoms with E-state index < -0.39 is 10.0 Å². The molecule has 2 fully saturated rings. The van der Waals surface area contributed by atoms with E-state index in [4.69, 9.17) is 0 Å². The SMILES string of the molecule is O=C(c1cccc(S(=O)(=O)N2CCCC2)c1)N1CCN(C(=O)c2ccccc2O)CC1. The molecule has 0 atom stereocenters. The minimum atomic E-state index is -3.59. The van der Waals surface area contributed by atoms with Crippen molar-refractivity contribution >= 4 is 21.8 Å². The number of amides is 2. The van der Waals surface area contributed by atoms with Crippen LogP contribution < -0.4 is 0 Å². The molecule has 2 amide bonds. The number of carbonyl (C=O) groups is 2. The Labute approximate surface area is 181 Å². The molecule has 0 aliphatic carbocycles. The van der Waals surface area contributed by atoms with Crippen molar-refractivity contribution in [2.75, 3.05) is 39.3 Å². The van der Waals surface area contributed by atoms with Crippen molar-refractivity contribution in [3.05, 3.63) is 59.7 Å². The number of rotatable bonds is 4. The topological polar surface area (TPSA) is 98.2 Å². The first-order valence-corrected chi connectivity index (χ1v) is 11.8. The van der Waals surface area contributed by atoms with E-state index in [-0.39, 0.29) is 28.0 Å². The maximum Gasteiger partial charge on any atom is 0.257 e. The van der Waals surface area contributed by atoms with Crippen molar-refractivity contribution in [2.24, 2.45) is 0 Å². The molecule has 31 heavy (non-hydrogen) atoms. The van der Waals surface area contributed by atoms with Crippen molar-refractivity contribution in [1.29, 1.82) is 0 Å². The van der Waals surface area contributed by atoms with E-state index in [9.17, 15) is 23.1 Å². The molecular formula is C22H25N3O5S. The fourth-order valence-corrected chi connectivity index (χ4v) is 5.55. The van der Waals surface area contributed by atoms with Gasteiger partial charge in [0.25, 0.3) is 11.8 Å². The highest BCUT2D eigenvalue weighted by atomic mass is 32.2. The Kier molecular flexibility index (Phi) is 5.97. The largest absolute Gasteiger partial charge is 0.507 e. The van der Waals surface area contributed by atoms with Gasteiger partial charge in [-0.3, -0.25) is 9.59 Å². The third-order valence-electron chi connectivity index (χ3n) is 5.77. The first kappa shape index (κ1) is 21.3. The number of phenols is 1. The van der Waals surface area contributed by atoms with Crippen LogP contribution in [-0.2, 0) is 10.0 Å². The molecule has 2 aliphatic rings. The van der Waals surface area contributed by atoms with Crippen LogP contribution in [0.25, 0.3) is 0 Å². The molecule has 0 bridgehead atoms. The number of nitrogens with zero attached hydrogens (tertiary/aromatic N) is 3. The summed E-state index contributed by atoms with van der Waals surface area (Å²) in [5.41, 5.74) is 0.558. The number of benzene rings is 2. The average Bonchev–Trinajstić information content (AvgIpc) is 3.35. The van der Waals surface area contributed by atoms with Gasteiger partial charge in [-0.15, -0.1) is 0 Å². The lowest BCUT2D eigenvalue weighted by Crippen LogP contribution is -2.50. The first-order valence-electron chi connectivity index (χ1n) is 10.3. The molecule has 164 valence electrons. The number of piperazine rings is 1. The predicted molar refractivity (Wildman–Crippen MR) is 114 cm³/mol. The number of aromatic hydroxyl groups is 1. The van der Waals surface area contributed by atoms with Gasteiger partial charge >= 0.3 is 0 Å². The lowest BCUT2D eigenvalue weighted by atomic mass is 10.1. The van der Waals surface area contributed by atoms with Gasteiger partial charge in [-0.05, 0) is 43.2 Å². The molecule has 2 aromatic carbocycles. The quantitative estimate of drug-likeness (QED) is 0.777. The second-order valence-electron chi connectivity index (χ2n) is 7.74. The summed E-state index contributed by atoms with van der Waals surface area (Å²) < 4.78 is 27.1. The van der Waals surface area contributed by atoms with Crippen molar-refractivity contribution < 1.29 is 23.1 Å². The summed E-state index contributed by atoms with van der Waals surface area (Å²) in [4.78, 5) is 29.0. The van der Waals surface area contributed by atoms with Crippen LogP contribution in [0.15, 0.2) is 53.4 Å². The van der Waals surface area contributed by atoms with Crippen LogP contribution in [0.4, 0.5) is 0 Å². The Morgan fingerprint density at radius 1 is 0.774 bits per heavy atom. The first-order chi connectivity index (χ1) is 14.9. The van der Waals surface area contributed by atoms with Gasteiger partial charge in [0, 0.05) is 44.8 Å². The smallest absolute Gasteiger partial charge is 0.257 e. The van der Waals surface area contributed by atoms with E-state index in [2.05, 4.69) is 0 Å². The number of phenolic OH excluding ortho intramolecular Hbond substituents is 1. The standard InChI is InChI=1S/C22H25N3O5S/c26-20-9-2-1-8-19(20)22(28)24-14-12-23(13-15-24)21(27)17-6-5-7-18(16-17)31(29,30)25-10-3-4-11-25/h1-2,5-9,16,26H,3-4,10-15H2. The van der Waals surface area contributed by atoms with Gasteiger partial charge in [0.1, 0.15) is 5.75 Å². The van der Waals surface area contributed by atoms with Crippen LogP contribution in [0.2, 0.25) is 0 Å². The number of hydrogen-bond acceptors (Lipinski definition) is 5. The molecule has 0 saturated carbocycles. The minimum absolute atomic E-state index is 0.0676. The van der Waals surface area contributed by atoms with Crippen LogP contribution in [0, 0.1) is 0 Å². The zero-order chi connectivity index (χ0) is 22.0. The van der Waals surface area contributed by atoms with Gasteiger partial charge < -0.3 is 14.9 Å². The summed E-state index contributed by atoms with van der Waals surface area (Å²) in [6.45, 7) is 2.36. The zero-order valence-electron chi connectivity index (χ0n) is 17.1. The summed E-state index contributed by atoms with van der Waals surface area (Å²) >= 11 is 0. The third kappa shape index (κ3) is 4.28. The van der Waals surface area contributed by atoms with Gasteiger partial charge in [0.2, 0.25) is 10.0 Å². The normalized spacial score (nSPS) is 17.7. The Hall–Kier alpha value is -2.91. The Balaban J connectivity index is 1.43. The van der Waals surface area contributed by atoms with Crippen LogP contribution in [0.1, 0.15) is 33.6 Å². The van der Waals surface area contributed by atoms with E-state index in [0.29, 0.717) is 44.8 Å². The summed E-state index contributed by atoms with van der Waals surface area (Å²) in [6.07, 6.45) is 1.70. The van der Waals surface area contributed by atoms with Crippen molar-refractivity contribution in [3.8, 4) is 5.75 Å². The van der Waals surface area contributed by atoms with Gasteiger partial charge in [-0.25, -0.2) is 8.42 Å². The third-order valence-corrected chi connectivity index (χ3v) is 7.67. The molecule has 2 aromatic rings. The molecule has 0 radical (unpaired) electrons. The van der Waals surface area contributed by atoms with E-state index >= 15 is 0 Å². The van der Waals surface area contributed by atoms with Crippen molar-refractivity contribution in [2.45, 2.75) is 17.7 Å². The molecule has 2 aliphatic heterocycles. The summed E-state index contributed by atoms with van der Waals surface area (Å²) in [6, 6.07) is 12.6. The highest BCUT2D eigenvalue weighted by molar-refractivity contribution is 7.89. The maximum atomic E-state index is 13.0. The highest BCUT2D eigenvalue weighted by Crippen LogP contribution is 2.23. The van der Waals surface area contributed by atoms with Crippen LogP contribution in [0.3, 0.4) is 0 Å². The minimum Gasteiger partial charge on any atom is -0.507 e. The number of para-hydroxylation sites is 1. The Morgan fingerprint density at radius 3 is 2.03 bits per heavy atom. The van der Waals surface area contributed by atoms with E-state index in [1.54, 1.807) is 40.1 Å². The molecule has 9 heteroatoms. The summed E-state index contributed by atoms with van der Waals surface area (Å²) in [5.74, 6) is -0.598. The molecular weight excluding hydrogens is 418 g/mol. The lowest BCUT2D eigenvalue weighted by Gasteiger charge is -2.35. The predicted octanol–water partition coefficient (Wildman–Crippen LogP) is 1.77. The number of hydrogen-bond donors (Lipinski definition) is 1. The van der Waals surface area contributed by atoms with Crippen LogP contribution in [-0.4, -0.2) is 78.7 Å². The monoisotopic (exact) mass is 443 g/mol. The Bertz CT molecular complexity index is 1090. The van der Waals surface area contributed by atoms with Gasteiger partial charge in [-0.2, -0.15) is 4.31 Å². The molecule has 2 saturated heterocycles. The lowest BCUT2D eigenvalue weighted by molar-refractivity contribution is 0.0533. The molecule has 1 N–H and O–H groups in total. The fourth-order valence-electron chi connectivity index (χ4n) is 3.99. The van der Waals surface area contributed by atoms with Crippen LogP contribution >= 0.6 is 0 Å². The molecule has 2 heterocycles. The molecule has 4 rings (SSSR count). The Morgan fingerprint density at radius 2 is 1.39 bits per heavy atom. The maximum absolute atomic E-state index is 13.0. The van der Waals surface area contributed by atoms with Crippen LogP contribution in [0.5, 0.6) is 5.75 Å². The molecule has 8 nitrogen and oxygen atoms in total. The fraction of sp³-hybridized carbons (Fsp3) is 0.364. The van der Waals surface area contributed by atoms with Crippen molar-refractivity contribution in [3.63, 3.8) is 0 Å². The molecule has 0 aromatic heterocycles. The van der Waals surface area contributed by atoms with E-state index in [1.165, 1.54) is 22.5 Å². The van der Waals surface area contributed by atoms with E-state index in [1.807, 2.05) is 0 Å². The summed E-state index contributed by atoms with van der Waals surface area (Å²) in [7, 11) is -3.59. The van der Waals surface area contributed by atoms with Crippen molar-refractivity contribution in [1.82, 2.24) is 14.1 Å². The zero-order valence-corrected chi connectivity index (χ0v) is 17.9. The van der Waals surface area contributed by atoms with Gasteiger partial charge in [0.15, 0.2) is 0 Å². The average molecular weight is 444 g/mol.